The second kappa shape index (κ2) is 5.41. The van der Waals surface area contributed by atoms with E-state index < -0.39 is 0 Å². The molecule has 0 aliphatic carbocycles. The molecule has 4 heteroatoms. The van der Waals surface area contributed by atoms with Gasteiger partial charge in [-0.05, 0) is 18.6 Å². The number of aryl methyl sites for hydroxylation is 1. The Labute approximate surface area is 119 Å². The summed E-state index contributed by atoms with van der Waals surface area (Å²) in [6, 6.07) is 12.7. The van der Waals surface area contributed by atoms with E-state index >= 15 is 0 Å². The zero-order chi connectivity index (χ0) is 13.9. The number of nitrogens with one attached hydrogen (secondary N) is 1. The van der Waals surface area contributed by atoms with Crippen LogP contribution in [0.2, 0.25) is 0 Å². The predicted molar refractivity (Wildman–Crippen MR) is 79.5 cm³/mol. The third-order valence-electron chi connectivity index (χ3n) is 3.66. The van der Waals surface area contributed by atoms with E-state index in [0.717, 1.165) is 24.8 Å². The van der Waals surface area contributed by atoms with Crippen LogP contribution in [0.4, 0.5) is 0 Å². The van der Waals surface area contributed by atoms with Crippen LogP contribution in [0.25, 0.3) is 0 Å². The molecule has 3 rings (SSSR count). The van der Waals surface area contributed by atoms with Crippen LogP contribution in [0.1, 0.15) is 22.9 Å². The quantitative estimate of drug-likeness (QED) is 0.931. The fraction of sp³-hybridized carbons (Fsp3) is 0.312. The Kier molecular flexibility index (Phi) is 3.46. The van der Waals surface area contributed by atoms with Gasteiger partial charge in [-0.2, -0.15) is 0 Å². The minimum atomic E-state index is 0.277. The Morgan fingerprint density at radius 3 is 2.80 bits per heavy atom. The first-order valence-corrected chi connectivity index (χ1v) is 6.84. The van der Waals surface area contributed by atoms with Crippen LogP contribution in [0.15, 0.2) is 52.1 Å². The normalized spacial score (nSPS) is 17.7. The number of hydrogen-bond donors (Lipinski definition) is 1. The van der Waals surface area contributed by atoms with Gasteiger partial charge >= 0.3 is 0 Å². The standard InChI is InChI=1S/C16H19N3O/c1-12-14(8-9-20-12)11-19(2)16-17-10-15(18-16)13-6-4-3-5-7-13/h3-9,15H,10-11H2,1-2H3,(H,17,18). The lowest BCUT2D eigenvalue weighted by Crippen LogP contribution is -2.36. The SMILES string of the molecule is Cc1occc1CN(C)C1=NCC(c2ccccc2)N1. The molecule has 1 aromatic heterocycles. The van der Waals surface area contributed by atoms with Gasteiger partial charge in [-0.1, -0.05) is 30.3 Å². The van der Waals surface area contributed by atoms with Crippen molar-refractivity contribution in [3.63, 3.8) is 0 Å². The largest absolute Gasteiger partial charge is 0.469 e. The summed E-state index contributed by atoms with van der Waals surface area (Å²) >= 11 is 0. The molecule has 4 nitrogen and oxygen atoms in total. The summed E-state index contributed by atoms with van der Waals surface area (Å²) in [7, 11) is 2.05. The van der Waals surface area contributed by atoms with Crippen molar-refractivity contribution in [1.29, 1.82) is 0 Å². The van der Waals surface area contributed by atoms with Gasteiger partial charge in [0.25, 0.3) is 0 Å². The molecule has 1 unspecified atom stereocenters. The summed E-state index contributed by atoms with van der Waals surface area (Å²) in [4.78, 5) is 6.73. The van der Waals surface area contributed by atoms with E-state index in [4.69, 9.17) is 4.42 Å². The van der Waals surface area contributed by atoms with Crippen molar-refractivity contribution in [2.45, 2.75) is 19.5 Å². The topological polar surface area (TPSA) is 40.8 Å². The van der Waals surface area contributed by atoms with E-state index in [1.54, 1.807) is 6.26 Å². The number of aliphatic imine (C=N–C) groups is 1. The Morgan fingerprint density at radius 1 is 1.30 bits per heavy atom. The molecular formula is C16H19N3O. The molecule has 104 valence electrons. The second-order valence-electron chi connectivity index (χ2n) is 5.13. The Hall–Kier alpha value is -2.23. The number of rotatable bonds is 3. The number of guanidine groups is 1. The molecular weight excluding hydrogens is 250 g/mol. The third kappa shape index (κ3) is 2.54. The smallest absolute Gasteiger partial charge is 0.194 e. The highest BCUT2D eigenvalue weighted by Crippen LogP contribution is 2.18. The lowest BCUT2D eigenvalue weighted by atomic mass is 10.1. The summed E-state index contributed by atoms with van der Waals surface area (Å²) in [5, 5.41) is 3.48. The van der Waals surface area contributed by atoms with E-state index in [2.05, 4.69) is 39.5 Å². The third-order valence-corrected chi connectivity index (χ3v) is 3.66. The Balaban J connectivity index is 1.63. The maximum atomic E-state index is 5.33. The van der Waals surface area contributed by atoms with Crippen LogP contribution in [-0.2, 0) is 6.54 Å². The van der Waals surface area contributed by atoms with Crippen LogP contribution in [0, 0.1) is 6.92 Å². The van der Waals surface area contributed by atoms with Crippen LogP contribution in [0.5, 0.6) is 0 Å². The lowest BCUT2D eigenvalue weighted by Gasteiger charge is -2.20. The molecule has 1 atom stereocenters. The monoisotopic (exact) mass is 269 g/mol. The molecule has 0 spiro atoms. The number of benzene rings is 1. The first kappa shape index (κ1) is 12.8. The molecule has 0 radical (unpaired) electrons. The first-order chi connectivity index (χ1) is 9.74. The Morgan fingerprint density at radius 2 is 2.10 bits per heavy atom. The molecule has 1 aromatic carbocycles. The second-order valence-corrected chi connectivity index (χ2v) is 5.13. The Bertz CT molecular complexity index is 603. The zero-order valence-corrected chi connectivity index (χ0v) is 11.8. The van der Waals surface area contributed by atoms with Crippen LogP contribution >= 0.6 is 0 Å². The van der Waals surface area contributed by atoms with Crippen molar-refractivity contribution in [1.82, 2.24) is 10.2 Å². The minimum absolute atomic E-state index is 0.277. The predicted octanol–water partition coefficient (Wildman–Crippen LogP) is 2.72. The van der Waals surface area contributed by atoms with Crippen LogP contribution in [0.3, 0.4) is 0 Å². The first-order valence-electron chi connectivity index (χ1n) is 6.84. The molecule has 0 bridgehead atoms. The van der Waals surface area contributed by atoms with Gasteiger partial charge in [0.1, 0.15) is 5.76 Å². The van der Waals surface area contributed by atoms with Gasteiger partial charge in [-0.3, -0.25) is 4.99 Å². The molecule has 0 fully saturated rings. The van der Waals surface area contributed by atoms with Crippen molar-refractivity contribution in [2.75, 3.05) is 13.6 Å². The zero-order valence-electron chi connectivity index (χ0n) is 11.8. The molecule has 1 N–H and O–H groups in total. The summed E-state index contributed by atoms with van der Waals surface area (Å²) in [6.07, 6.45) is 1.73. The van der Waals surface area contributed by atoms with Crippen molar-refractivity contribution in [2.24, 2.45) is 4.99 Å². The highest BCUT2D eigenvalue weighted by Gasteiger charge is 2.21. The summed E-state index contributed by atoms with van der Waals surface area (Å²) in [6.45, 7) is 3.57. The lowest BCUT2D eigenvalue weighted by molar-refractivity contribution is 0.466. The average Bonchev–Trinajstić information content (AvgIpc) is 3.10. The van der Waals surface area contributed by atoms with E-state index in [9.17, 15) is 0 Å². The fourth-order valence-electron chi connectivity index (χ4n) is 2.44. The summed E-state index contributed by atoms with van der Waals surface area (Å²) in [5.41, 5.74) is 2.47. The van der Waals surface area contributed by atoms with Gasteiger partial charge in [0.05, 0.1) is 18.8 Å². The molecule has 1 aliphatic rings. The highest BCUT2D eigenvalue weighted by molar-refractivity contribution is 5.82. The molecule has 1 aliphatic heterocycles. The van der Waals surface area contributed by atoms with Crippen molar-refractivity contribution >= 4 is 5.96 Å². The van der Waals surface area contributed by atoms with Gasteiger partial charge < -0.3 is 14.6 Å². The van der Waals surface area contributed by atoms with E-state index in [1.165, 1.54) is 11.1 Å². The number of furan rings is 1. The molecule has 20 heavy (non-hydrogen) atoms. The molecule has 2 aromatic rings. The number of nitrogens with zero attached hydrogens (tertiary/aromatic N) is 2. The van der Waals surface area contributed by atoms with Gasteiger partial charge in [0, 0.05) is 19.2 Å². The van der Waals surface area contributed by atoms with E-state index in [0.29, 0.717) is 0 Å². The van der Waals surface area contributed by atoms with Crippen LogP contribution < -0.4 is 5.32 Å². The molecule has 0 saturated carbocycles. The van der Waals surface area contributed by atoms with Gasteiger partial charge in [0.15, 0.2) is 5.96 Å². The minimum Gasteiger partial charge on any atom is -0.469 e. The maximum Gasteiger partial charge on any atom is 0.194 e. The van der Waals surface area contributed by atoms with Crippen molar-refractivity contribution < 1.29 is 4.42 Å². The highest BCUT2D eigenvalue weighted by atomic mass is 16.3. The van der Waals surface area contributed by atoms with Crippen molar-refractivity contribution in [3.05, 3.63) is 59.5 Å². The van der Waals surface area contributed by atoms with Crippen LogP contribution in [-0.4, -0.2) is 24.5 Å². The van der Waals surface area contributed by atoms with E-state index in [-0.39, 0.29) is 6.04 Å². The molecule has 0 amide bonds. The molecule has 2 heterocycles. The summed E-state index contributed by atoms with van der Waals surface area (Å²) in [5.74, 6) is 1.91. The van der Waals surface area contributed by atoms with E-state index in [1.807, 2.05) is 26.1 Å². The van der Waals surface area contributed by atoms with Gasteiger partial charge in [0.2, 0.25) is 0 Å². The molecule has 0 saturated heterocycles. The summed E-state index contributed by atoms with van der Waals surface area (Å²) < 4.78 is 5.33. The van der Waals surface area contributed by atoms with Gasteiger partial charge in [-0.15, -0.1) is 0 Å². The fourth-order valence-corrected chi connectivity index (χ4v) is 2.44. The maximum absolute atomic E-state index is 5.33. The average molecular weight is 269 g/mol. The number of hydrogen-bond acceptors (Lipinski definition) is 4. The van der Waals surface area contributed by atoms with Crippen molar-refractivity contribution in [3.8, 4) is 0 Å². The van der Waals surface area contributed by atoms with Gasteiger partial charge in [-0.25, -0.2) is 0 Å².